The zero-order chi connectivity index (χ0) is 18.4. The van der Waals surface area contributed by atoms with Crippen LogP contribution in [0, 0.1) is 12.7 Å². The first-order valence-electron chi connectivity index (χ1n) is 8.23. The molecular weight excluding hydrogens is 351 g/mol. The summed E-state index contributed by atoms with van der Waals surface area (Å²) in [6, 6.07) is 14.2. The molecule has 0 unspecified atom stereocenters. The molecular formula is C20H19FN2O2S. The van der Waals surface area contributed by atoms with Crippen LogP contribution in [0.2, 0.25) is 0 Å². The first kappa shape index (κ1) is 18.1. The number of hydrogen-bond acceptors (Lipinski definition) is 4. The van der Waals surface area contributed by atoms with E-state index in [2.05, 4.69) is 10.3 Å². The van der Waals surface area contributed by atoms with E-state index in [1.165, 1.54) is 23.0 Å². The quantitative estimate of drug-likeness (QED) is 0.683. The van der Waals surface area contributed by atoms with Gasteiger partial charge in [0, 0.05) is 17.5 Å². The highest BCUT2D eigenvalue weighted by atomic mass is 32.1. The predicted molar refractivity (Wildman–Crippen MR) is 99.6 cm³/mol. The van der Waals surface area contributed by atoms with Gasteiger partial charge in [0.25, 0.3) is 0 Å². The van der Waals surface area contributed by atoms with Gasteiger partial charge in [0.05, 0.1) is 12.1 Å². The van der Waals surface area contributed by atoms with E-state index < -0.39 is 0 Å². The van der Waals surface area contributed by atoms with Crippen molar-refractivity contribution in [2.45, 2.75) is 26.5 Å². The highest BCUT2D eigenvalue weighted by Gasteiger charge is 2.09. The maximum Gasteiger partial charge on any atom is 0.226 e. The Morgan fingerprint density at radius 1 is 1.19 bits per heavy atom. The van der Waals surface area contributed by atoms with Crippen molar-refractivity contribution in [3.63, 3.8) is 0 Å². The summed E-state index contributed by atoms with van der Waals surface area (Å²) in [4.78, 5) is 16.4. The van der Waals surface area contributed by atoms with Crippen molar-refractivity contribution in [3.05, 3.63) is 81.6 Å². The third-order valence-corrected chi connectivity index (χ3v) is 4.63. The van der Waals surface area contributed by atoms with Crippen LogP contribution in [0.15, 0.2) is 53.9 Å². The van der Waals surface area contributed by atoms with E-state index >= 15 is 0 Å². The van der Waals surface area contributed by atoms with Gasteiger partial charge < -0.3 is 10.1 Å². The van der Waals surface area contributed by atoms with E-state index in [-0.39, 0.29) is 24.7 Å². The minimum atomic E-state index is -0.322. The molecule has 1 heterocycles. The van der Waals surface area contributed by atoms with Gasteiger partial charge in [0.1, 0.15) is 23.2 Å². The number of benzene rings is 2. The average molecular weight is 370 g/mol. The molecule has 0 aliphatic carbocycles. The molecule has 1 N–H and O–H groups in total. The van der Waals surface area contributed by atoms with Gasteiger partial charge in [-0.15, -0.1) is 11.3 Å². The fraction of sp³-hybridized carbons (Fsp3) is 0.200. The van der Waals surface area contributed by atoms with Crippen LogP contribution < -0.4 is 10.1 Å². The molecule has 6 heteroatoms. The number of hydrogen-bond donors (Lipinski definition) is 1. The number of aryl methyl sites for hydroxylation is 1. The molecule has 3 rings (SSSR count). The Labute approximate surface area is 155 Å². The zero-order valence-corrected chi connectivity index (χ0v) is 15.2. The van der Waals surface area contributed by atoms with Gasteiger partial charge in [0.2, 0.25) is 5.91 Å². The molecule has 0 bridgehead atoms. The van der Waals surface area contributed by atoms with E-state index in [0.717, 1.165) is 10.8 Å². The van der Waals surface area contributed by atoms with Crippen LogP contribution in [0.5, 0.6) is 5.75 Å². The molecule has 1 amide bonds. The Hall–Kier alpha value is -2.73. The minimum absolute atomic E-state index is 0.162. The van der Waals surface area contributed by atoms with Gasteiger partial charge in [-0.25, -0.2) is 9.37 Å². The summed E-state index contributed by atoms with van der Waals surface area (Å²) in [7, 11) is 0. The molecule has 0 atom stereocenters. The third kappa shape index (κ3) is 5.13. The van der Waals surface area contributed by atoms with Gasteiger partial charge in [0.15, 0.2) is 0 Å². The lowest BCUT2D eigenvalue weighted by Gasteiger charge is -2.05. The molecule has 2 aromatic carbocycles. The van der Waals surface area contributed by atoms with Crippen molar-refractivity contribution in [2.75, 3.05) is 0 Å². The molecule has 1 aromatic heterocycles. The van der Waals surface area contributed by atoms with Crippen LogP contribution in [0.25, 0.3) is 0 Å². The van der Waals surface area contributed by atoms with Crippen LogP contribution in [-0.2, 0) is 24.4 Å². The second kappa shape index (κ2) is 8.58. The molecule has 0 saturated carbocycles. The largest absolute Gasteiger partial charge is 0.486 e. The molecule has 3 aromatic rings. The molecule has 4 nitrogen and oxygen atoms in total. The van der Waals surface area contributed by atoms with E-state index in [0.29, 0.717) is 17.9 Å². The summed E-state index contributed by atoms with van der Waals surface area (Å²) in [6.45, 7) is 2.55. The highest BCUT2D eigenvalue weighted by Crippen LogP contribution is 2.16. The lowest BCUT2D eigenvalue weighted by atomic mass is 10.2. The Bertz CT molecular complexity index is 878. The van der Waals surface area contributed by atoms with Crippen LogP contribution >= 0.6 is 11.3 Å². The van der Waals surface area contributed by atoms with Crippen molar-refractivity contribution in [2.24, 2.45) is 0 Å². The Kier molecular flexibility index (Phi) is 5.96. The number of ether oxygens (including phenoxy) is 1. The first-order chi connectivity index (χ1) is 12.6. The number of carbonyl (C=O) groups excluding carboxylic acids is 1. The summed E-state index contributed by atoms with van der Waals surface area (Å²) in [6.07, 6.45) is 0.162. The number of amides is 1. The van der Waals surface area contributed by atoms with Crippen molar-refractivity contribution < 1.29 is 13.9 Å². The number of rotatable bonds is 7. The topological polar surface area (TPSA) is 51.2 Å². The van der Waals surface area contributed by atoms with E-state index in [1.807, 2.05) is 36.6 Å². The number of nitrogens with zero attached hydrogens (tertiary/aromatic N) is 1. The van der Waals surface area contributed by atoms with Gasteiger partial charge >= 0.3 is 0 Å². The molecule has 134 valence electrons. The molecule has 0 spiro atoms. The van der Waals surface area contributed by atoms with Gasteiger partial charge in [-0.1, -0.05) is 35.9 Å². The number of carbonyl (C=O) groups is 1. The van der Waals surface area contributed by atoms with E-state index in [1.54, 1.807) is 18.2 Å². The number of thiazole rings is 1. The smallest absolute Gasteiger partial charge is 0.226 e. The number of halogens is 1. The fourth-order valence-electron chi connectivity index (χ4n) is 2.34. The zero-order valence-electron chi connectivity index (χ0n) is 14.4. The van der Waals surface area contributed by atoms with Crippen molar-refractivity contribution in [1.29, 1.82) is 0 Å². The predicted octanol–water partition coefficient (Wildman–Crippen LogP) is 4.03. The minimum Gasteiger partial charge on any atom is -0.486 e. The maximum atomic E-state index is 13.5. The average Bonchev–Trinajstić information content (AvgIpc) is 3.08. The Morgan fingerprint density at radius 2 is 1.96 bits per heavy atom. The van der Waals surface area contributed by atoms with E-state index in [4.69, 9.17) is 4.74 Å². The first-order valence-corrected chi connectivity index (χ1v) is 9.11. The number of nitrogens with one attached hydrogen (secondary N) is 1. The number of aromatic nitrogens is 1. The Balaban J connectivity index is 1.47. The van der Waals surface area contributed by atoms with Crippen molar-refractivity contribution in [1.82, 2.24) is 10.3 Å². The van der Waals surface area contributed by atoms with Crippen LogP contribution in [0.1, 0.15) is 21.8 Å². The molecule has 0 aliphatic rings. The normalized spacial score (nSPS) is 10.5. The Morgan fingerprint density at radius 3 is 2.73 bits per heavy atom. The van der Waals surface area contributed by atoms with Gasteiger partial charge in [-0.05, 0) is 25.1 Å². The van der Waals surface area contributed by atoms with E-state index in [9.17, 15) is 9.18 Å². The molecule has 0 radical (unpaired) electrons. The standard InChI is InChI=1S/C20H19FN2O2S/c1-14-6-8-17(9-7-14)25-12-20-23-16(13-26-20)10-19(24)22-11-15-4-2-3-5-18(15)21/h2-9,13H,10-12H2,1H3,(H,22,24). The molecule has 0 aliphatic heterocycles. The summed E-state index contributed by atoms with van der Waals surface area (Å²) < 4.78 is 19.2. The highest BCUT2D eigenvalue weighted by molar-refractivity contribution is 7.09. The monoisotopic (exact) mass is 370 g/mol. The second-order valence-corrected chi connectivity index (χ2v) is 6.82. The molecule has 26 heavy (non-hydrogen) atoms. The second-order valence-electron chi connectivity index (χ2n) is 5.88. The van der Waals surface area contributed by atoms with Gasteiger partial charge in [-0.3, -0.25) is 4.79 Å². The van der Waals surface area contributed by atoms with Crippen molar-refractivity contribution >= 4 is 17.2 Å². The van der Waals surface area contributed by atoms with Gasteiger partial charge in [-0.2, -0.15) is 0 Å². The summed E-state index contributed by atoms with van der Waals surface area (Å²) >= 11 is 1.45. The van der Waals surface area contributed by atoms with Crippen molar-refractivity contribution in [3.8, 4) is 5.75 Å². The lowest BCUT2D eigenvalue weighted by molar-refractivity contribution is -0.120. The van der Waals surface area contributed by atoms with Crippen LogP contribution in [0.4, 0.5) is 4.39 Å². The third-order valence-electron chi connectivity index (χ3n) is 3.76. The summed E-state index contributed by atoms with van der Waals surface area (Å²) in [5.74, 6) is 0.275. The van der Waals surface area contributed by atoms with Crippen LogP contribution in [0.3, 0.4) is 0 Å². The van der Waals surface area contributed by atoms with Crippen LogP contribution in [-0.4, -0.2) is 10.9 Å². The molecule has 0 fully saturated rings. The SMILES string of the molecule is Cc1ccc(OCc2nc(CC(=O)NCc3ccccc3F)cs2)cc1. The lowest BCUT2D eigenvalue weighted by Crippen LogP contribution is -2.25. The molecule has 0 saturated heterocycles. The maximum absolute atomic E-state index is 13.5. The summed E-state index contributed by atoms with van der Waals surface area (Å²) in [5, 5.41) is 5.37. The summed E-state index contributed by atoms with van der Waals surface area (Å²) in [5.41, 5.74) is 2.32. The fourth-order valence-corrected chi connectivity index (χ4v) is 3.04.